The Morgan fingerprint density at radius 2 is 1.55 bits per heavy atom. The number of sulfonamides is 1. The van der Waals surface area contributed by atoms with E-state index in [2.05, 4.69) is 27.2 Å². The van der Waals surface area contributed by atoms with Crippen LogP contribution in [0.5, 0.6) is 0 Å². The molecule has 180 valence electrons. The lowest BCUT2D eigenvalue weighted by atomic mass is 9.88. The molecule has 9 N–H and O–H groups in total. The molecule has 2 aromatic rings. The Hall–Kier alpha value is -1.94. The fourth-order valence-corrected chi connectivity index (χ4v) is 7.22. The van der Waals surface area contributed by atoms with E-state index in [0.717, 1.165) is 31.5 Å². The van der Waals surface area contributed by atoms with Gasteiger partial charge in [0.25, 0.3) is 0 Å². The van der Waals surface area contributed by atoms with Crippen LogP contribution >= 0.6 is 0 Å². The first kappa shape index (κ1) is 24.2. The van der Waals surface area contributed by atoms with Crippen LogP contribution in [-0.2, 0) is 19.9 Å². The van der Waals surface area contributed by atoms with Crippen molar-refractivity contribution >= 4 is 19.9 Å². The second-order valence-corrected chi connectivity index (χ2v) is 11.7. The summed E-state index contributed by atoms with van der Waals surface area (Å²) in [6.45, 7) is 1.81. The van der Waals surface area contributed by atoms with Crippen LogP contribution in [0.1, 0.15) is 36.1 Å². The summed E-state index contributed by atoms with van der Waals surface area (Å²) in [6, 6.07) is 10.8. The van der Waals surface area contributed by atoms with Crippen molar-refractivity contribution in [2.24, 2.45) is 10.9 Å². The number of piperidine rings is 1. The van der Waals surface area contributed by atoms with Gasteiger partial charge in [0, 0.05) is 12.1 Å². The molecule has 0 amide bonds. The van der Waals surface area contributed by atoms with Gasteiger partial charge in [0.1, 0.15) is 11.1 Å². The zero-order valence-corrected chi connectivity index (χ0v) is 19.6. The van der Waals surface area contributed by atoms with E-state index >= 15 is 0 Å². The Balaban J connectivity index is 1.88. The Morgan fingerprint density at radius 3 is 2.12 bits per heavy atom. The molecule has 0 saturated carbocycles. The lowest BCUT2D eigenvalue weighted by Gasteiger charge is -2.24. The minimum Gasteiger partial charge on any atom is -0.329 e. The topological polar surface area (TPSA) is 180 Å². The van der Waals surface area contributed by atoms with Gasteiger partial charge in [0.2, 0.25) is 10.0 Å². The van der Waals surface area contributed by atoms with E-state index in [1.807, 2.05) is 24.3 Å². The fourth-order valence-electron chi connectivity index (χ4n) is 4.41. The molecule has 2 aliphatic rings. The Kier molecular flexibility index (Phi) is 7.14. The number of hydrogen-bond acceptors (Lipinski definition) is 10. The van der Waals surface area contributed by atoms with Crippen LogP contribution in [0.2, 0.25) is 0 Å². The number of nitrogens with two attached hydrogens (primary N) is 2. The summed E-state index contributed by atoms with van der Waals surface area (Å²) in [5, 5.41) is 8.92. The first-order valence-corrected chi connectivity index (χ1v) is 13.9. The van der Waals surface area contributed by atoms with Gasteiger partial charge in [0.15, 0.2) is 9.84 Å². The minimum absolute atomic E-state index is 0.148. The number of nitrogens with one attached hydrogen (secondary N) is 5. The van der Waals surface area contributed by atoms with E-state index in [1.165, 1.54) is 11.6 Å². The molecule has 0 aromatic heterocycles. The number of benzene rings is 2. The molecule has 0 aliphatic carbocycles. The zero-order valence-electron chi connectivity index (χ0n) is 18.0. The van der Waals surface area contributed by atoms with Gasteiger partial charge in [-0.15, -0.1) is 0 Å². The smallest absolute Gasteiger partial charge is 0.239 e. The van der Waals surface area contributed by atoms with E-state index in [-0.39, 0.29) is 17.0 Å². The van der Waals surface area contributed by atoms with Crippen molar-refractivity contribution < 1.29 is 16.8 Å². The maximum atomic E-state index is 12.9. The normalized spacial score (nSPS) is 18.6. The van der Waals surface area contributed by atoms with Crippen molar-refractivity contribution in [3.05, 3.63) is 47.5 Å². The standard InChI is InChI=1S/C20H29N7O4S2/c21-9-12-32(28,29)17-6-5-16(18(19(17)33(22,30)31)20-24-26-27-25-20)15-3-1-13(2-4-15)14-7-10-23-11-8-14/h1-6,14,20,23-27H,7-12,21H2,(H2,22,30,31). The van der Waals surface area contributed by atoms with E-state index in [1.54, 1.807) is 6.07 Å². The molecule has 0 spiro atoms. The first-order chi connectivity index (χ1) is 15.7. The summed E-state index contributed by atoms with van der Waals surface area (Å²) in [7, 11) is -8.40. The average Bonchev–Trinajstić information content (AvgIpc) is 3.33. The summed E-state index contributed by atoms with van der Waals surface area (Å²) >= 11 is 0. The maximum Gasteiger partial charge on any atom is 0.239 e. The Labute approximate surface area is 193 Å². The molecule has 2 heterocycles. The summed E-state index contributed by atoms with van der Waals surface area (Å²) in [5.74, 6) is 0.0662. The summed E-state index contributed by atoms with van der Waals surface area (Å²) < 4.78 is 51.1. The van der Waals surface area contributed by atoms with Crippen molar-refractivity contribution in [1.29, 1.82) is 0 Å². The van der Waals surface area contributed by atoms with E-state index in [0.29, 0.717) is 11.5 Å². The van der Waals surface area contributed by atoms with E-state index in [9.17, 15) is 16.8 Å². The van der Waals surface area contributed by atoms with E-state index in [4.69, 9.17) is 10.9 Å². The SMILES string of the molecule is NCCS(=O)(=O)c1ccc(-c2ccc(C3CCNCC3)cc2)c(C2NNNN2)c1S(N)(=O)=O. The van der Waals surface area contributed by atoms with Crippen molar-refractivity contribution in [2.75, 3.05) is 25.4 Å². The molecule has 2 fully saturated rings. The van der Waals surface area contributed by atoms with Crippen LogP contribution in [0.3, 0.4) is 0 Å². The first-order valence-electron chi connectivity index (χ1n) is 10.7. The van der Waals surface area contributed by atoms with Crippen LogP contribution in [0.25, 0.3) is 11.1 Å². The van der Waals surface area contributed by atoms with Gasteiger partial charge in [-0.1, -0.05) is 30.3 Å². The molecular weight excluding hydrogens is 466 g/mol. The third kappa shape index (κ3) is 5.11. The molecule has 2 saturated heterocycles. The molecule has 0 radical (unpaired) electrons. The van der Waals surface area contributed by atoms with Crippen molar-refractivity contribution in [3.8, 4) is 11.1 Å². The number of hydrazine groups is 3. The highest BCUT2D eigenvalue weighted by Crippen LogP contribution is 2.37. The molecule has 2 aromatic carbocycles. The second kappa shape index (κ2) is 9.74. The van der Waals surface area contributed by atoms with Gasteiger partial charge < -0.3 is 11.1 Å². The summed E-state index contributed by atoms with van der Waals surface area (Å²) in [6.07, 6.45) is 1.34. The van der Waals surface area contributed by atoms with Gasteiger partial charge in [0.05, 0.1) is 10.6 Å². The molecule has 0 atom stereocenters. The highest BCUT2D eigenvalue weighted by molar-refractivity contribution is 7.93. The molecule has 0 bridgehead atoms. The summed E-state index contributed by atoms with van der Waals surface area (Å²) in [5.41, 5.74) is 19.1. The van der Waals surface area contributed by atoms with Gasteiger partial charge in [-0.25, -0.2) is 32.8 Å². The molecule has 11 nitrogen and oxygen atoms in total. The van der Waals surface area contributed by atoms with Crippen LogP contribution < -0.4 is 38.1 Å². The Bertz CT molecular complexity index is 1210. The maximum absolute atomic E-state index is 12.9. The molecule has 2 aliphatic heterocycles. The second-order valence-electron chi connectivity index (χ2n) is 8.12. The quantitative estimate of drug-likeness (QED) is 0.260. The number of rotatable bonds is 7. The molecule has 0 unspecified atom stereocenters. The predicted molar refractivity (Wildman–Crippen MR) is 124 cm³/mol. The van der Waals surface area contributed by atoms with Crippen molar-refractivity contribution in [1.82, 2.24) is 27.2 Å². The highest BCUT2D eigenvalue weighted by atomic mass is 32.2. The molecule has 4 rings (SSSR count). The lowest BCUT2D eigenvalue weighted by Crippen LogP contribution is -2.33. The number of primary sulfonamides is 1. The van der Waals surface area contributed by atoms with Gasteiger partial charge in [-0.3, -0.25) is 0 Å². The third-order valence-electron chi connectivity index (χ3n) is 5.98. The monoisotopic (exact) mass is 495 g/mol. The van der Waals surface area contributed by atoms with Gasteiger partial charge in [-0.05, 0) is 54.6 Å². The number of hydrogen-bond donors (Lipinski definition) is 7. The third-order valence-corrected chi connectivity index (χ3v) is 8.90. The van der Waals surface area contributed by atoms with Gasteiger partial charge in [-0.2, -0.15) is 11.1 Å². The molecule has 33 heavy (non-hydrogen) atoms. The number of sulfone groups is 1. The predicted octanol–water partition coefficient (Wildman–Crippen LogP) is -0.684. The highest BCUT2D eigenvalue weighted by Gasteiger charge is 2.33. The molecule has 13 heteroatoms. The summed E-state index contributed by atoms with van der Waals surface area (Å²) in [4.78, 5) is -0.817. The van der Waals surface area contributed by atoms with Crippen molar-refractivity contribution in [2.45, 2.75) is 34.7 Å². The van der Waals surface area contributed by atoms with Gasteiger partial charge >= 0.3 is 0 Å². The fraction of sp³-hybridized carbons (Fsp3) is 0.400. The Morgan fingerprint density at radius 1 is 0.909 bits per heavy atom. The zero-order chi connectivity index (χ0) is 23.6. The van der Waals surface area contributed by atoms with Crippen molar-refractivity contribution in [3.63, 3.8) is 0 Å². The lowest BCUT2D eigenvalue weighted by molar-refractivity contribution is 0.460. The van der Waals surface area contributed by atoms with Crippen LogP contribution in [-0.4, -0.2) is 42.2 Å². The van der Waals surface area contributed by atoms with Crippen LogP contribution in [0.4, 0.5) is 0 Å². The van der Waals surface area contributed by atoms with E-state index < -0.39 is 36.7 Å². The van der Waals surface area contributed by atoms with Crippen LogP contribution in [0, 0.1) is 0 Å². The largest absolute Gasteiger partial charge is 0.329 e. The molecular formula is C20H29N7O4S2. The average molecular weight is 496 g/mol. The van der Waals surface area contributed by atoms with Crippen LogP contribution in [0.15, 0.2) is 46.2 Å². The minimum atomic E-state index is -4.42.